The summed E-state index contributed by atoms with van der Waals surface area (Å²) in [4.78, 5) is 30.5. The second-order valence-corrected chi connectivity index (χ2v) is 8.40. The quantitative estimate of drug-likeness (QED) is 0.431. The molecule has 3 heterocycles. The maximum Gasteiger partial charge on any atom is 0.270 e. The zero-order chi connectivity index (χ0) is 25.0. The molecular formula is C24H20F4N4O3. The van der Waals surface area contributed by atoms with Crippen molar-refractivity contribution in [2.24, 2.45) is 5.73 Å². The van der Waals surface area contributed by atoms with Gasteiger partial charge in [-0.15, -0.1) is 0 Å². The van der Waals surface area contributed by atoms with E-state index in [-0.39, 0.29) is 48.3 Å². The van der Waals surface area contributed by atoms with E-state index in [0.29, 0.717) is 16.6 Å². The molecule has 35 heavy (non-hydrogen) atoms. The van der Waals surface area contributed by atoms with Crippen molar-refractivity contribution in [3.05, 3.63) is 80.9 Å². The van der Waals surface area contributed by atoms with Crippen LogP contribution in [0.25, 0.3) is 21.7 Å². The standard InChI is InChI=1S/C24H20F4N4O3/c1-31(24(34)19-5-11-4-14(25)17(28)8-18(11)30-19)20-9-35-10-21-22(20)12-6-15(26)16(27)7-13(12)23(33)32(21)3-2-29/h4-8,20,30H,2-3,9-10,29H2,1H3/t20-/m1/s1. The number of likely N-dealkylation sites (N-methyl/N-ethyl adjacent to an activating group) is 1. The number of nitrogens with zero attached hydrogens (tertiary/aromatic N) is 2. The van der Waals surface area contributed by atoms with Crippen LogP contribution < -0.4 is 11.3 Å². The van der Waals surface area contributed by atoms with Crippen LogP contribution in [0.1, 0.15) is 27.8 Å². The van der Waals surface area contributed by atoms with E-state index in [9.17, 15) is 27.2 Å². The van der Waals surface area contributed by atoms with Gasteiger partial charge in [0.05, 0.1) is 30.3 Å². The van der Waals surface area contributed by atoms with Crippen LogP contribution in [0.4, 0.5) is 17.6 Å². The summed E-state index contributed by atoms with van der Waals surface area (Å²) in [5.74, 6) is -4.93. The van der Waals surface area contributed by atoms with Gasteiger partial charge >= 0.3 is 0 Å². The van der Waals surface area contributed by atoms with Gasteiger partial charge in [-0.2, -0.15) is 0 Å². The minimum absolute atomic E-state index is 0.0168. The Morgan fingerprint density at radius 3 is 2.46 bits per heavy atom. The van der Waals surface area contributed by atoms with Gasteiger partial charge < -0.3 is 24.9 Å². The monoisotopic (exact) mass is 488 g/mol. The number of aromatic amines is 1. The number of rotatable bonds is 4. The van der Waals surface area contributed by atoms with Gasteiger partial charge in [0.2, 0.25) is 0 Å². The van der Waals surface area contributed by atoms with Gasteiger partial charge in [-0.3, -0.25) is 9.59 Å². The van der Waals surface area contributed by atoms with Gasteiger partial charge in [0, 0.05) is 42.7 Å². The number of benzene rings is 2. The first kappa shape index (κ1) is 23.1. The average Bonchev–Trinajstić information content (AvgIpc) is 3.24. The van der Waals surface area contributed by atoms with Crippen LogP contribution in [0.5, 0.6) is 0 Å². The van der Waals surface area contributed by atoms with Gasteiger partial charge in [-0.1, -0.05) is 0 Å². The largest absolute Gasteiger partial charge is 0.373 e. The van der Waals surface area contributed by atoms with Gasteiger partial charge in [0.15, 0.2) is 23.3 Å². The predicted molar refractivity (Wildman–Crippen MR) is 120 cm³/mol. The molecule has 1 aliphatic rings. The highest BCUT2D eigenvalue weighted by molar-refractivity contribution is 5.98. The second-order valence-electron chi connectivity index (χ2n) is 8.40. The molecule has 4 aromatic rings. The highest BCUT2D eigenvalue weighted by atomic mass is 19.2. The molecule has 11 heteroatoms. The Kier molecular flexibility index (Phi) is 5.60. The number of H-pyrrole nitrogens is 1. The van der Waals surface area contributed by atoms with Crippen molar-refractivity contribution in [2.45, 2.75) is 19.2 Å². The number of aromatic nitrogens is 2. The first-order chi connectivity index (χ1) is 16.7. The van der Waals surface area contributed by atoms with Crippen LogP contribution in [0, 0.1) is 23.3 Å². The van der Waals surface area contributed by atoms with E-state index in [4.69, 9.17) is 10.5 Å². The van der Waals surface area contributed by atoms with Crippen molar-refractivity contribution in [2.75, 3.05) is 20.2 Å². The Balaban J connectivity index is 1.66. The van der Waals surface area contributed by atoms with E-state index in [1.165, 1.54) is 22.6 Å². The molecule has 2 aromatic carbocycles. The summed E-state index contributed by atoms with van der Waals surface area (Å²) in [6.45, 7) is 0.267. The Labute approximate surface area is 195 Å². The number of ether oxygens (including phenoxy) is 1. The zero-order valence-corrected chi connectivity index (χ0v) is 18.5. The normalized spacial score (nSPS) is 15.5. The molecule has 5 rings (SSSR count). The van der Waals surface area contributed by atoms with Crippen LogP contribution in [0.3, 0.4) is 0 Å². The van der Waals surface area contributed by atoms with E-state index < -0.39 is 40.8 Å². The van der Waals surface area contributed by atoms with Crippen molar-refractivity contribution >= 4 is 27.6 Å². The zero-order valence-electron chi connectivity index (χ0n) is 18.5. The van der Waals surface area contributed by atoms with Crippen LogP contribution in [-0.2, 0) is 17.9 Å². The highest BCUT2D eigenvalue weighted by Crippen LogP contribution is 2.35. The predicted octanol–water partition coefficient (Wildman–Crippen LogP) is 3.34. The first-order valence-electron chi connectivity index (χ1n) is 10.8. The fourth-order valence-electron chi connectivity index (χ4n) is 4.64. The molecule has 0 fully saturated rings. The molecular weight excluding hydrogens is 468 g/mol. The molecule has 1 amide bonds. The lowest BCUT2D eigenvalue weighted by molar-refractivity contribution is 0.0316. The first-order valence-corrected chi connectivity index (χ1v) is 10.8. The smallest absolute Gasteiger partial charge is 0.270 e. The number of hydrogen-bond donors (Lipinski definition) is 2. The molecule has 1 aliphatic heterocycles. The summed E-state index contributed by atoms with van der Waals surface area (Å²) < 4.78 is 62.6. The lowest BCUT2D eigenvalue weighted by Gasteiger charge is -2.35. The number of halogens is 4. The molecule has 0 radical (unpaired) electrons. The third-order valence-electron chi connectivity index (χ3n) is 6.34. The molecule has 0 saturated heterocycles. The number of nitrogens with two attached hydrogens (primary N) is 1. The minimum atomic E-state index is -1.17. The molecule has 1 atom stereocenters. The molecule has 3 N–H and O–H groups in total. The van der Waals surface area contributed by atoms with Gasteiger partial charge in [-0.25, -0.2) is 17.6 Å². The summed E-state index contributed by atoms with van der Waals surface area (Å²) in [7, 11) is 1.49. The van der Waals surface area contributed by atoms with E-state index in [1.54, 1.807) is 0 Å². The van der Waals surface area contributed by atoms with Crippen LogP contribution >= 0.6 is 0 Å². The Bertz CT molecular complexity index is 1520. The SMILES string of the molecule is CN(C(=O)c1cc2cc(F)c(F)cc2[nH]1)[C@@H]1COCc2c1c1cc(F)c(F)cc1c(=O)n2CCN. The summed E-state index contributed by atoms with van der Waals surface area (Å²) in [6.07, 6.45) is 0. The molecule has 7 nitrogen and oxygen atoms in total. The average molecular weight is 488 g/mol. The summed E-state index contributed by atoms with van der Waals surface area (Å²) in [6, 6.07) is 4.34. The van der Waals surface area contributed by atoms with Crippen molar-refractivity contribution in [1.29, 1.82) is 0 Å². The number of carbonyl (C=O) groups excluding carboxylic acids is 1. The lowest BCUT2D eigenvalue weighted by atomic mass is 9.94. The number of hydrogen-bond acceptors (Lipinski definition) is 4. The number of amides is 1. The Hall–Kier alpha value is -3.70. The van der Waals surface area contributed by atoms with E-state index >= 15 is 0 Å². The molecule has 0 bridgehead atoms. The fraction of sp³-hybridized carbons (Fsp3) is 0.250. The molecule has 0 spiro atoms. The van der Waals surface area contributed by atoms with E-state index in [0.717, 1.165) is 24.3 Å². The maximum absolute atomic E-state index is 14.3. The summed E-state index contributed by atoms with van der Waals surface area (Å²) in [5, 5.41) is 0.437. The van der Waals surface area contributed by atoms with Crippen molar-refractivity contribution < 1.29 is 27.1 Å². The topological polar surface area (TPSA) is 93.3 Å². The third-order valence-corrected chi connectivity index (χ3v) is 6.34. The van der Waals surface area contributed by atoms with E-state index in [1.807, 2.05) is 0 Å². The Morgan fingerprint density at radius 2 is 1.74 bits per heavy atom. The molecule has 0 aliphatic carbocycles. The van der Waals surface area contributed by atoms with Gasteiger partial charge in [0.25, 0.3) is 11.5 Å². The number of carbonyl (C=O) groups is 1. The number of nitrogens with one attached hydrogen (secondary N) is 1. The Morgan fingerprint density at radius 1 is 1.09 bits per heavy atom. The third kappa shape index (κ3) is 3.67. The van der Waals surface area contributed by atoms with Crippen LogP contribution in [0.15, 0.2) is 35.1 Å². The van der Waals surface area contributed by atoms with Crippen molar-refractivity contribution in [3.8, 4) is 0 Å². The maximum atomic E-state index is 14.3. The second kappa shape index (κ2) is 8.51. The summed E-state index contributed by atoms with van der Waals surface area (Å²) >= 11 is 0. The minimum Gasteiger partial charge on any atom is -0.373 e. The van der Waals surface area contributed by atoms with E-state index in [2.05, 4.69) is 4.98 Å². The molecule has 0 saturated carbocycles. The van der Waals surface area contributed by atoms with Crippen molar-refractivity contribution in [3.63, 3.8) is 0 Å². The highest BCUT2D eigenvalue weighted by Gasteiger charge is 2.33. The number of pyridine rings is 1. The van der Waals surface area contributed by atoms with Crippen LogP contribution in [-0.4, -0.2) is 40.6 Å². The number of fused-ring (bicyclic) bond motifs is 4. The van der Waals surface area contributed by atoms with Crippen molar-refractivity contribution in [1.82, 2.24) is 14.5 Å². The van der Waals surface area contributed by atoms with Gasteiger partial charge in [-0.05, 0) is 29.7 Å². The lowest BCUT2D eigenvalue weighted by Crippen LogP contribution is -2.40. The van der Waals surface area contributed by atoms with Crippen LogP contribution in [0.2, 0.25) is 0 Å². The van der Waals surface area contributed by atoms with Gasteiger partial charge in [0.1, 0.15) is 5.69 Å². The fourth-order valence-corrected chi connectivity index (χ4v) is 4.64. The molecule has 182 valence electrons. The summed E-state index contributed by atoms with van der Waals surface area (Å²) in [5.41, 5.74) is 6.30. The molecule has 2 aromatic heterocycles. The molecule has 0 unspecified atom stereocenters.